The van der Waals surface area contributed by atoms with E-state index < -0.39 is 0 Å². The number of carbonyl (C=O) groups excluding carboxylic acids is 1. The van der Waals surface area contributed by atoms with Crippen molar-refractivity contribution in [2.24, 2.45) is 0 Å². The van der Waals surface area contributed by atoms with Crippen molar-refractivity contribution in [3.63, 3.8) is 0 Å². The Kier molecular flexibility index (Phi) is 4.01. The Morgan fingerprint density at radius 1 is 1.24 bits per heavy atom. The summed E-state index contributed by atoms with van der Waals surface area (Å²) in [5.41, 5.74) is 3.83. The number of furan rings is 1. The van der Waals surface area contributed by atoms with E-state index in [9.17, 15) is 4.79 Å². The van der Waals surface area contributed by atoms with Gasteiger partial charge in [0.15, 0.2) is 5.76 Å². The molecule has 0 aliphatic carbocycles. The summed E-state index contributed by atoms with van der Waals surface area (Å²) in [6.07, 6.45) is 0.958. The molecule has 0 saturated heterocycles. The first-order valence-electron chi connectivity index (χ1n) is 8.30. The van der Waals surface area contributed by atoms with Crippen molar-refractivity contribution in [3.05, 3.63) is 64.4 Å². The lowest BCUT2D eigenvalue weighted by Crippen LogP contribution is -2.22. The van der Waals surface area contributed by atoms with Crippen LogP contribution in [-0.4, -0.2) is 10.9 Å². The van der Waals surface area contributed by atoms with E-state index in [2.05, 4.69) is 23.3 Å². The standard InChI is InChI=1S/C20H18N2O2S/c1-3-13-8-9-16-14(10-13)12(2)19(24-16)20(23)21-11-18-22-15-6-4-5-7-17(15)25-18/h4-10H,3,11H2,1-2H3,(H,21,23). The molecule has 126 valence electrons. The summed E-state index contributed by atoms with van der Waals surface area (Å²) in [6, 6.07) is 14.0. The van der Waals surface area contributed by atoms with Crippen molar-refractivity contribution >= 4 is 38.4 Å². The maximum Gasteiger partial charge on any atom is 0.287 e. The summed E-state index contributed by atoms with van der Waals surface area (Å²) >= 11 is 1.59. The Labute approximate surface area is 149 Å². The Hall–Kier alpha value is -2.66. The molecule has 0 atom stereocenters. The van der Waals surface area contributed by atoms with Crippen LogP contribution in [0.5, 0.6) is 0 Å². The zero-order chi connectivity index (χ0) is 17.4. The van der Waals surface area contributed by atoms with Crippen LogP contribution in [0.25, 0.3) is 21.2 Å². The highest BCUT2D eigenvalue weighted by molar-refractivity contribution is 7.18. The molecule has 4 aromatic rings. The fraction of sp³-hybridized carbons (Fsp3) is 0.200. The second kappa shape index (κ2) is 6.33. The Morgan fingerprint density at radius 2 is 2.08 bits per heavy atom. The largest absolute Gasteiger partial charge is 0.451 e. The summed E-state index contributed by atoms with van der Waals surface area (Å²) in [6.45, 7) is 4.44. The topological polar surface area (TPSA) is 55.1 Å². The van der Waals surface area contributed by atoms with Crippen molar-refractivity contribution in [1.29, 1.82) is 0 Å². The highest BCUT2D eigenvalue weighted by atomic mass is 32.1. The minimum Gasteiger partial charge on any atom is -0.451 e. The highest BCUT2D eigenvalue weighted by Gasteiger charge is 2.18. The summed E-state index contributed by atoms with van der Waals surface area (Å²) in [5.74, 6) is 0.176. The van der Waals surface area contributed by atoms with E-state index in [-0.39, 0.29) is 5.91 Å². The van der Waals surface area contributed by atoms with Crippen molar-refractivity contribution in [2.45, 2.75) is 26.8 Å². The summed E-state index contributed by atoms with van der Waals surface area (Å²) in [7, 11) is 0. The molecule has 1 amide bonds. The van der Waals surface area contributed by atoms with E-state index in [4.69, 9.17) is 4.42 Å². The van der Waals surface area contributed by atoms with Gasteiger partial charge in [-0.2, -0.15) is 0 Å². The monoisotopic (exact) mass is 350 g/mol. The van der Waals surface area contributed by atoms with Crippen LogP contribution in [0.1, 0.15) is 33.6 Å². The molecule has 0 saturated carbocycles. The van der Waals surface area contributed by atoms with Gasteiger partial charge in [-0.1, -0.05) is 25.1 Å². The predicted octanol–water partition coefficient (Wildman–Crippen LogP) is 4.84. The van der Waals surface area contributed by atoms with Crippen molar-refractivity contribution in [2.75, 3.05) is 0 Å². The molecule has 5 heteroatoms. The van der Waals surface area contributed by atoms with Crippen LogP contribution in [-0.2, 0) is 13.0 Å². The Morgan fingerprint density at radius 3 is 2.88 bits per heavy atom. The van der Waals surface area contributed by atoms with Gasteiger partial charge in [0, 0.05) is 10.9 Å². The smallest absolute Gasteiger partial charge is 0.287 e. The average molecular weight is 350 g/mol. The molecule has 2 heterocycles. The zero-order valence-corrected chi connectivity index (χ0v) is 14.9. The summed E-state index contributed by atoms with van der Waals surface area (Å²) in [4.78, 5) is 17.1. The minimum atomic E-state index is -0.203. The summed E-state index contributed by atoms with van der Waals surface area (Å²) < 4.78 is 6.90. The molecule has 0 spiro atoms. The molecule has 0 unspecified atom stereocenters. The van der Waals surface area contributed by atoms with Gasteiger partial charge >= 0.3 is 0 Å². The van der Waals surface area contributed by atoms with E-state index in [0.717, 1.165) is 38.2 Å². The lowest BCUT2D eigenvalue weighted by molar-refractivity contribution is 0.0924. The maximum atomic E-state index is 12.6. The molecule has 25 heavy (non-hydrogen) atoms. The van der Waals surface area contributed by atoms with Gasteiger partial charge < -0.3 is 9.73 Å². The van der Waals surface area contributed by atoms with Crippen LogP contribution in [0.2, 0.25) is 0 Å². The Balaban J connectivity index is 1.56. The van der Waals surface area contributed by atoms with E-state index in [1.165, 1.54) is 5.56 Å². The second-order valence-electron chi connectivity index (χ2n) is 6.00. The number of amides is 1. The first-order chi connectivity index (χ1) is 12.2. The lowest BCUT2D eigenvalue weighted by atomic mass is 10.1. The Bertz CT molecular complexity index is 1040. The van der Waals surface area contributed by atoms with Crippen LogP contribution in [0, 0.1) is 6.92 Å². The molecule has 0 aliphatic rings. The van der Waals surface area contributed by atoms with Gasteiger partial charge in [0.05, 0.1) is 16.8 Å². The molecule has 4 rings (SSSR count). The number of thiazole rings is 1. The zero-order valence-electron chi connectivity index (χ0n) is 14.1. The maximum absolute atomic E-state index is 12.6. The van der Waals surface area contributed by atoms with E-state index in [1.807, 2.05) is 43.3 Å². The van der Waals surface area contributed by atoms with Crippen LogP contribution in [0.4, 0.5) is 0 Å². The van der Waals surface area contributed by atoms with E-state index in [1.54, 1.807) is 11.3 Å². The average Bonchev–Trinajstić information content (AvgIpc) is 3.20. The molecule has 0 radical (unpaired) electrons. The number of hydrogen-bond acceptors (Lipinski definition) is 4. The molecule has 2 aromatic heterocycles. The number of para-hydroxylation sites is 1. The van der Waals surface area contributed by atoms with Gasteiger partial charge in [0.2, 0.25) is 0 Å². The van der Waals surface area contributed by atoms with Crippen LogP contribution in [0.15, 0.2) is 46.9 Å². The number of hydrogen-bond donors (Lipinski definition) is 1. The number of fused-ring (bicyclic) bond motifs is 2. The number of rotatable bonds is 4. The SMILES string of the molecule is CCc1ccc2oc(C(=O)NCc3nc4ccccc4s3)c(C)c2c1. The molecule has 2 aromatic carbocycles. The number of benzene rings is 2. The van der Waals surface area contributed by atoms with E-state index in [0.29, 0.717) is 12.3 Å². The number of aromatic nitrogens is 1. The van der Waals surface area contributed by atoms with Crippen LogP contribution >= 0.6 is 11.3 Å². The normalized spacial score (nSPS) is 11.3. The molecule has 0 bridgehead atoms. The molecule has 4 nitrogen and oxygen atoms in total. The van der Waals surface area contributed by atoms with Gasteiger partial charge in [-0.05, 0) is 43.2 Å². The lowest BCUT2D eigenvalue weighted by Gasteiger charge is -2.01. The fourth-order valence-corrected chi connectivity index (χ4v) is 3.84. The van der Waals surface area contributed by atoms with Crippen LogP contribution in [0.3, 0.4) is 0 Å². The predicted molar refractivity (Wildman–Crippen MR) is 101 cm³/mol. The third-order valence-electron chi connectivity index (χ3n) is 4.35. The number of carbonyl (C=O) groups is 1. The molecular formula is C20H18N2O2S. The van der Waals surface area contributed by atoms with Gasteiger partial charge in [-0.3, -0.25) is 4.79 Å². The van der Waals surface area contributed by atoms with Crippen molar-refractivity contribution in [3.8, 4) is 0 Å². The molecule has 0 aliphatic heterocycles. The molecular weight excluding hydrogens is 332 g/mol. The highest BCUT2D eigenvalue weighted by Crippen LogP contribution is 2.27. The van der Waals surface area contributed by atoms with Gasteiger partial charge in [-0.15, -0.1) is 11.3 Å². The minimum absolute atomic E-state index is 0.203. The molecule has 0 fully saturated rings. The second-order valence-corrected chi connectivity index (χ2v) is 7.11. The molecule has 1 N–H and O–H groups in total. The quantitative estimate of drug-likeness (QED) is 0.573. The van der Waals surface area contributed by atoms with Gasteiger partial charge in [0.1, 0.15) is 10.6 Å². The third-order valence-corrected chi connectivity index (χ3v) is 5.39. The first kappa shape index (κ1) is 15.8. The van der Waals surface area contributed by atoms with E-state index >= 15 is 0 Å². The van der Waals surface area contributed by atoms with Gasteiger partial charge in [0.25, 0.3) is 5.91 Å². The third kappa shape index (κ3) is 2.91. The van der Waals surface area contributed by atoms with Crippen molar-refractivity contribution < 1.29 is 9.21 Å². The fourth-order valence-electron chi connectivity index (χ4n) is 2.94. The number of aryl methyl sites for hydroxylation is 2. The van der Waals surface area contributed by atoms with Crippen LogP contribution < -0.4 is 5.32 Å². The number of nitrogens with zero attached hydrogens (tertiary/aromatic N) is 1. The summed E-state index contributed by atoms with van der Waals surface area (Å²) in [5, 5.41) is 4.81. The first-order valence-corrected chi connectivity index (χ1v) is 9.12. The van der Waals surface area contributed by atoms with Gasteiger partial charge in [-0.25, -0.2) is 4.98 Å². The van der Waals surface area contributed by atoms with Crippen molar-refractivity contribution in [1.82, 2.24) is 10.3 Å². The number of nitrogens with one attached hydrogen (secondary N) is 1.